The highest BCUT2D eigenvalue weighted by atomic mass is 16.5. The van der Waals surface area contributed by atoms with Gasteiger partial charge in [-0.25, -0.2) is 9.59 Å². The van der Waals surface area contributed by atoms with Crippen molar-refractivity contribution in [1.29, 1.82) is 0 Å². The monoisotopic (exact) mass is 501 g/mol. The Morgan fingerprint density at radius 3 is 2.16 bits per heavy atom. The topological polar surface area (TPSA) is 85.6 Å². The average Bonchev–Trinajstić information content (AvgIpc) is 2.95. The Labute approximate surface area is 218 Å². The molecule has 0 aliphatic heterocycles. The van der Waals surface area contributed by atoms with Crippen LogP contribution in [0.3, 0.4) is 0 Å². The molecule has 0 fully saturated rings. The minimum Gasteiger partial charge on any atom is -0.423 e. The Morgan fingerprint density at radius 2 is 1.45 bits per heavy atom. The maximum absolute atomic E-state index is 13.2. The minimum atomic E-state index is -0.777. The van der Waals surface area contributed by atoms with Crippen molar-refractivity contribution in [2.75, 3.05) is 0 Å². The molecule has 4 aromatic carbocycles. The van der Waals surface area contributed by atoms with Gasteiger partial charge in [0.1, 0.15) is 16.9 Å². The zero-order valence-corrected chi connectivity index (χ0v) is 20.3. The number of carbonyl (C=O) groups excluding carboxylic acids is 2. The number of ether oxygens (including phenoxy) is 1. The van der Waals surface area contributed by atoms with Gasteiger partial charge in [-0.15, -0.1) is 0 Å². The maximum Gasteiger partial charge on any atom is 0.349 e. The van der Waals surface area contributed by atoms with E-state index in [9.17, 15) is 14.4 Å². The minimum absolute atomic E-state index is 0.102. The van der Waals surface area contributed by atoms with Gasteiger partial charge in [-0.1, -0.05) is 91.0 Å². The van der Waals surface area contributed by atoms with Crippen LogP contribution < -0.4 is 15.7 Å². The largest absolute Gasteiger partial charge is 0.423 e. The Balaban J connectivity index is 1.38. The molecule has 0 unspecified atom stereocenters. The number of hydrogen-bond donors (Lipinski definition) is 1. The van der Waals surface area contributed by atoms with Crippen LogP contribution in [-0.2, 0) is 11.3 Å². The normalized spacial score (nSPS) is 11.2. The molecule has 0 spiro atoms. The molecule has 6 heteroatoms. The van der Waals surface area contributed by atoms with Gasteiger partial charge in [0.05, 0.1) is 5.57 Å². The van der Waals surface area contributed by atoms with E-state index in [1.165, 1.54) is 12.1 Å². The highest BCUT2D eigenvalue weighted by Crippen LogP contribution is 2.25. The van der Waals surface area contributed by atoms with Crippen LogP contribution in [0.1, 0.15) is 27.0 Å². The van der Waals surface area contributed by atoms with Crippen LogP contribution in [0.4, 0.5) is 0 Å². The summed E-state index contributed by atoms with van der Waals surface area (Å²) in [7, 11) is 0. The number of esters is 1. The number of rotatable bonds is 7. The quantitative estimate of drug-likeness (QED) is 0.0991. The van der Waals surface area contributed by atoms with Gasteiger partial charge in [-0.2, -0.15) is 0 Å². The summed E-state index contributed by atoms with van der Waals surface area (Å²) in [6, 6.07) is 34.3. The van der Waals surface area contributed by atoms with E-state index in [-0.39, 0.29) is 23.4 Å². The van der Waals surface area contributed by atoms with E-state index in [1.807, 2.05) is 91.0 Å². The Morgan fingerprint density at radius 1 is 0.789 bits per heavy atom. The first kappa shape index (κ1) is 24.5. The van der Waals surface area contributed by atoms with E-state index in [2.05, 4.69) is 5.32 Å². The van der Waals surface area contributed by atoms with Crippen molar-refractivity contribution in [2.45, 2.75) is 6.54 Å². The van der Waals surface area contributed by atoms with Crippen molar-refractivity contribution in [2.24, 2.45) is 0 Å². The molecule has 1 heterocycles. The fourth-order valence-corrected chi connectivity index (χ4v) is 3.94. The van der Waals surface area contributed by atoms with Crippen LogP contribution >= 0.6 is 0 Å². The summed E-state index contributed by atoms with van der Waals surface area (Å²) in [5.74, 6) is -0.876. The maximum atomic E-state index is 13.2. The van der Waals surface area contributed by atoms with E-state index in [1.54, 1.807) is 18.2 Å². The van der Waals surface area contributed by atoms with E-state index in [0.29, 0.717) is 16.5 Å². The zero-order chi connectivity index (χ0) is 26.3. The highest BCUT2D eigenvalue weighted by Gasteiger charge is 2.17. The number of benzene rings is 4. The summed E-state index contributed by atoms with van der Waals surface area (Å²) >= 11 is 0. The van der Waals surface area contributed by atoms with Crippen molar-refractivity contribution in [3.63, 3.8) is 0 Å². The summed E-state index contributed by atoms with van der Waals surface area (Å²) in [4.78, 5) is 38.4. The first-order valence-corrected chi connectivity index (χ1v) is 12.0. The molecule has 5 rings (SSSR count). The van der Waals surface area contributed by atoms with Gasteiger partial charge in [0.25, 0.3) is 5.91 Å². The van der Waals surface area contributed by atoms with Crippen molar-refractivity contribution in [3.05, 3.63) is 148 Å². The lowest BCUT2D eigenvalue weighted by Gasteiger charge is -2.10. The molecule has 38 heavy (non-hydrogen) atoms. The second-order valence-electron chi connectivity index (χ2n) is 8.54. The molecule has 0 bridgehead atoms. The Bertz CT molecular complexity index is 1670. The van der Waals surface area contributed by atoms with E-state index < -0.39 is 17.5 Å². The molecule has 0 radical (unpaired) electrons. The molecule has 5 aromatic rings. The molecule has 1 N–H and O–H groups in total. The lowest BCUT2D eigenvalue weighted by atomic mass is 10.0. The zero-order valence-electron chi connectivity index (χ0n) is 20.3. The smallest absolute Gasteiger partial charge is 0.349 e. The second kappa shape index (κ2) is 11.2. The van der Waals surface area contributed by atoms with Gasteiger partial charge in [0, 0.05) is 18.0 Å². The van der Waals surface area contributed by atoms with Gasteiger partial charge in [0.2, 0.25) is 0 Å². The van der Waals surface area contributed by atoms with Crippen LogP contribution in [0.25, 0.3) is 22.6 Å². The molecule has 0 aliphatic carbocycles. The molecule has 1 aromatic heterocycles. The lowest BCUT2D eigenvalue weighted by molar-refractivity contribution is -0.127. The summed E-state index contributed by atoms with van der Waals surface area (Å²) < 4.78 is 11.1. The first-order valence-electron chi connectivity index (χ1n) is 12.0. The number of amides is 1. The Kier molecular flexibility index (Phi) is 7.23. The molecule has 0 saturated heterocycles. The van der Waals surface area contributed by atoms with Crippen LogP contribution in [0, 0.1) is 0 Å². The van der Waals surface area contributed by atoms with Crippen LogP contribution in [-0.4, -0.2) is 11.9 Å². The fraction of sp³-hybridized carbons (Fsp3) is 0.0312. The molecular formula is C32H23NO5. The number of nitrogens with one attached hydrogen (secondary N) is 1. The standard InChI is InChI=1S/C32H23NO5/c34-30(33-21-23-12-6-2-7-13-23)28-19-25-16-17-26(20-29(25)38-32(28)36)37-31(35)27(24-14-8-3-9-15-24)18-22-10-4-1-5-11-22/h1-20H,21H2,(H,33,34)/b27-18+. The summed E-state index contributed by atoms with van der Waals surface area (Å²) in [6.07, 6.45) is 1.76. The molecule has 0 atom stereocenters. The third-order valence-electron chi connectivity index (χ3n) is 5.87. The van der Waals surface area contributed by atoms with Crippen molar-refractivity contribution in [3.8, 4) is 5.75 Å². The van der Waals surface area contributed by atoms with Crippen LogP contribution in [0.5, 0.6) is 5.75 Å². The predicted octanol–water partition coefficient (Wildman–Crippen LogP) is 5.87. The third kappa shape index (κ3) is 5.77. The molecule has 1 amide bonds. The van der Waals surface area contributed by atoms with Gasteiger partial charge in [-0.05, 0) is 41.0 Å². The van der Waals surface area contributed by atoms with Gasteiger partial charge in [0.15, 0.2) is 0 Å². The lowest BCUT2D eigenvalue weighted by Crippen LogP contribution is -2.27. The van der Waals surface area contributed by atoms with Gasteiger partial charge >= 0.3 is 11.6 Å². The van der Waals surface area contributed by atoms with Crippen molar-refractivity contribution >= 4 is 34.5 Å². The molecule has 186 valence electrons. The Hall–Kier alpha value is -5.23. The fourth-order valence-electron chi connectivity index (χ4n) is 3.94. The van der Waals surface area contributed by atoms with Crippen LogP contribution in [0.2, 0.25) is 0 Å². The highest BCUT2D eigenvalue weighted by molar-refractivity contribution is 6.22. The third-order valence-corrected chi connectivity index (χ3v) is 5.87. The second-order valence-corrected chi connectivity index (χ2v) is 8.54. The summed E-state index contributed by atoms with van der Waals surface area (Å²) in [6.45, 7) is 0.284. The summed E-state index contributed by atoms with van der Waals surface area (Å²) in [5, 5.41) is 3.26. The molecule has 0 aliphatic rings. The molecule has 6 nitrogen and oxygen atoms in total. The van der Waals surface area contributed by atoms with E-state index >= 15 is 0 Å². The summed E-state index contributed by atoms with van der Waals surface area (Å²) in [5.41, 5.74) is 2.17. The van der Waals surface area contributed by atoms with Gasteiger partial charge < -0.3 is 14.5 Å². The SMILES string of the molecule is O=C(Oc1ccc2cc(C(=O)NCc3ccccc3)c(=O)oc2c1)/C(=C/c1ccccc1)c1ccccc1. The van der Waals surface area contributed by atoms with Gasteiger partial charge in [-0.3, -0.25) is 4.79 Å². The predicted molar refractivity (Wildman–Crippen MR) is 146 cm³/mol. The van der Waals surface area contributed by atoms with Crippen molar-refractivity contribution < 1.29 is 18.7 Å². The number of fused-ring (bicyclic) bond motifs is 1. The van der Waals surface area contributed by atoms with Crippen molar-refractivity contribution in [1.82, 2.24) is 5.32 Å². The molecular weight excluding hydrogens is 478 g/mol. The number of hydrogen-bond acceptors (Lipinski definition) is 5. The number of carbonyl (C=O) groups is 2. The molecule has 0 saturated carbocycles. The van der Waals surface area contributed by atoms with E-state index in [4.69, 9.17) is 9.15 Å². The van der Waals surface area contributed by atoms with E-state index in [0.717, 1.165) is 11.1 Å². The van der Waals surface area contributed by atoms with Crippen LogP contribution in [0.15, 0.2) is 124 Å². The average molecular weight is 502 g/mol. The first-order chi connectivity index (χ1) is 18.6.